The van der Waals surface area contributed by atoms with E-state index in [2.05, 4.69) is 15.5 Å². The van der Waals surface area contributed by atoms with Gasteiger partial charge in [0.25, 0.3) is 9.84 Å². The molecule has 1 fully saturated rings. The van der Waals surface area contributed by atoms with Gasteiger partial charge >= 0.3 is 5.51 Å². The summed E-state index contributed by atoms with van der Waals surface area (Å²) >= 11 is 2.03. The van der Waals surface area contributed by atoms with E-state index >= 15 is 0 Å². The van der Waals surface area contributed by atoms with Crippen LogP contribution in [0, 0.1) is 0 Å². The summed E-state index contributed by atoms with van der Waals surface area (Å²) in [6.07, 6.45) is 2.10. The molecule has 11 heteroatoms. The molecular weight excluding hydrogens is 371 g/mol. The van der Waals surface area contributed by atoms with Gasteiger partial charge in [0.15, 0.2) is 4.34 Å². The van der Waals surface area contributed by atoms with Crippen LogP contribution in [0.3, 0.4) is 0 Å². The molecule has 0 aliphatic heterocycles. The van der Waals surface area contributed by atoms with Gasteiger partial charge in [-0.2, -0.15) is 13.2 Å². The topological polar surface area (TPSA) is 72.0 Å². The van der Waals surface area contributed by atoms with Gasteiger partial charge in [-0.05, 0) is 25.0 Å². The van der Waals surface area contributed by atoms with Crippen LogP contribution in [0.25, 0.3) is 0 Å². The standard InChI is InChI=1S/C12H10F3N3O2S3/c13-12(14,15)23(19,20)9-4-2-1-3-8(9)21-11-18-17-10(22-11)16-7-5-6-7/h1-4,7H,5-6H2,(H,16,17). The van der Waals surface area contributed by atoms with Crippen molar-refractivity contribution >= 4 is 38.1 Å². The first-order chi connectivity index (χ1) is 10.8. The molecular formula is C12H10F3N3O2S3. The lowest BCUT2D eigenvalue weighted by atomic mass is 10.4. The Morgan fingerprint density at radius 1 is 1.22 bits per heavy atom. The van der Waals surface area contributed by atoms with Crippen LogP contribution >= 0.6 is 23.1 Å². The lowest BCUT2D eigenvalue weighted by molar-refractivity contribution is -0.0437. The van der Waals surface area contributed by atoms with Crippen molar-refractivity contribution in [2.24, 2.45) is 0 Å². The van der Waals surface area contributed by atoms with E-state index < -0.39 is 20.2 Å². The molecule has 1 aliphatic carbocycles. The van der Waals surface area contributed by atoms with Crippen molar-refractivity contribution in [1.29, 1.82) is 0 Å². The molecule has 0 amide bonds. The van der Waals surface area contributed by atoms with E-state index in [9.17, 15) is 21.6 Å². The molecule has 1 heterocycles. The number of alkyl halides is 3. The summed E-state index contributed by atoms with van der Waals surface area (Å²) < 4.78 is 61.9. The quantitative estimate of drug-likeness (QED) is 0.854. The van der Waals surface area contributed by atoms with Crippen molar-refractivity contribution in [3.63, 3.8) is 0 Å². The van der Waals surface area contributed by atoms with Crippen molar-refractivity contribution in [3.8, 4) is 0 Å². The first-order valence-corrected chi connectivity index (χ1v) is 9.57. The summed E-state index contributed by atoms with van der Waals surface area (Å²) in [5.41, 5.74) is -5.34. The van der Waals surface area contributed by atoms with Gasteiger partial charge in [0.05, 0.1) is 4.90 Å². The third kappa shape index (κ3) is 3.61. The van der Waals surface area contributed by atoms with Gasteiger partial charge in [0, 0.05) is 10.9 Å². The average molecular weight is 381 g/mol. The molecule has 23 heavy (non-hydrogen) atoms. The minimum atomic E-state index is -5.41. The third-order valence-electron chi connectivity index (χ3n) is 2.95. The summed E-state index contributed by atoms with van der Waals surface area (Å²) in [5, 5.41) is 11.5. The number of halogens is 3. The molecule has 2 aromatic rings. The number of nitrogens with one attached hydrogen (secondary N) is 1. The molecule has 1 aromatic heterocycles. The van der Waals surface area contributed by atoms with Crippen molar-refractivity contribution < 1.29 is 21.6 Å². The van der Waals surface area contributed by atoms with Crippen LogP contribution in [0.1, 0.15) is 12.8 Å². The van der Waals surface area contributed by atoms with Gasteiger partial charge in [-0.3, -0.25) is 0 Å². The van der Waals surface area contributed by atoms with Crippen molar-refractivity contribution in [1.82, 2.24) is 10.2 Å². The molecule has 1 N–H and O–H groups in total. The average Bonchev–Trinajstić information content (AvgIpc) is 3.17. The number of nitrogens with zero attached hydrogens (tertiary/aromatic N) is 2. The van der Waals surface area contributed by atoms with Crippen LogP contribution < -0.4 is 5.32 Å². The SMILES string of the molecule is O=S(=O)(c1ccccc1Sc1nnc(NC2CC2)s1)C(F)(F)F. The molecule has 0 bridgehead atoms. The number of benzene rings is 1. The smallest absolute Gasteiger partial charge is 0.357 e. The van der Waals surface area contributed by atoms with Gasteiger partial charge in [-0.25, -0.2) is 8.42 Å². The number of rotatable bonds is 5. The molecule has 0 atom stereocenters. The predicted molar refractivity (Wildman–Crippen MR) is 80.4 cm³/mol. The number of hydrogen-bond donors (Lipinski definition) is 1. The lowest BCUT2D eigenvalue weighted by Gasteiger charge is -2.11. The zero-order valence-electron chi connectivity index (χ0n) is 11.4. The Balaban J connectivity index is 1.87. The highest BCUT2D eigenvalue weighted by Crippen LogP contribution is 2.40. The molecule has 5 nitrogen and oxygen atoms in total. The highest BCUT2D eigenvalue weighted by Gasteiger charge is 2.48. The van der Waals surface area contributed by atoms with Gasteiger partial charge < -0.3 is 5.32 Å². The second-order valence-electron chi connectivity index (χ2n) is 4.79. The van der Waals surface area contributed by atoms with Gasteiger partial charge in [-0.15, -0.1) is 10.2 Å². The van der Waals surface area contributed by atoms with E-state index in [4.69, 9.17) is 0 Å². The maximum atomic E-state index is 12.8. The van der Waals surface area contributed by atoms with E-state index in [1.165, 1.54) is 29.5 Å². The first-order valence-electron chi connectivity index (χ1n) is 6.45. The van der Waals surface area contributed by atoms with E-state index in [0.717, 1.165) is 30.7 Å². The molecule has 0 spiro atoms. The predicted octanol–water partition coefficient (Wildman–Crippen LogP) is 3.56. The zero-order chi connectivity index (χ0) is 16.7. The fourth-order valence-electron chi connectivity index (χ4n) is 1.69. The Hall–Kier alpha value is -1.33. The monoisotopic (exact) mass is 381 g/mol. The number of hydrogen-bond acceptors (Lipinski definition) is 7. The fraction of sp³-hybridized carbons (Fsp3) is 0.333. The van der Waals surface area contributed by atoms with E-state index in [0.29, 0.717) is 15.5 Å². The van der Waals surface area contributed by atoms with Gasteiger partial charge in [0.1, 0.15) is 0 Å². The summed E-state index contributed by atoms with van der Waals surface area (Å²) in [6.45, 7) is 0. The van der Waals surface area contributed by atoms with E-state index in [1.54, 1.807) is 0 Å². The molecule has 124 valence electrons. The summed E-state index contributed by atoms with van der Waals surface area (Å²) in [5.74, 6) is 0. The highest BCUT2D eigenvalue weighted by molar-refractivity contribution is 8.02. The number of anilines is 1. The van der Waals surface area contributed by atoms with Crippen LogP contribution in [0.4, 0.5) is 18.3 Å². The molecule has 1 aromatic carbocycles. The second kappa shape index (κ2) is 5.95. The molecule has 0 radical (unpaired) electrons. The normalized spacial score (nSPS) is 15.6. The Morgan fingerprint density at radius 2 is 1.91 bits per heavy atom. The largest absolute Gasteiger partial charge is 0.501 e. The van der Waals surface area contributed by atoms with Crippen molar-refractivity contribution in [2.75, 3.05) is 5.32 Å². The number of aromatic nitrogens is 2. The van der Waals surface area contributed by atoms with Crippen LogP contribution in [-0.4, -0.2) is 30.2 Å². The van der Waals surface area contributed by atoms with E-state index in [1.807, 2.05) is 0 Å². The fourth-order valence-corrected chi connectivity index (χ4v) is 4.79. The minimum absolute atomic E-state index is 0.0288. The third-order valence-corrected chi connectivity index (χ3v) is 6.61. The second-order valence-corrected chi connectivity index (χ2v) is 8.97. The molecule has 0 unspecified atom stereocenters. The van der Waals surface area contributed by atoms with Crippen molar-refractivity contribution in [3.05, 3.63) is 24.3 Å². The zero-order valence-corrected chi connectivity index (χ0v) is 13.8. The van der Waals surface area contributed by atoms with Gasteiger partial charge in [-0.1, -0.05) is 35.2 Å². The van der Waals surface area contributed by atoms with Crippen LogP contribution in [-0.2, 0) is 9.84 Å². The maximum Gasteiger partial charge on any atom is 0.501 e. The summed E-state index contributed by atoms with van der Waals surface area (Å²) in [7, 11) is -5.41. The van der Waals surface area contributed by atoms with Gasteiger partial charge in [0.2, 0.25) is 5.13 Å². The Kier molecular flexibility index (Phi) is 4.27. The summed E-state index contributed by atoms with van der Waals surface area (Å²) in [4.78, 5) is -0.802. The molecule has 1 saturated carbocycles. The first kappa shape index (κ1) is 16.5. The van der Waals surface area contributed by atoms with Crippen LogP contribution in [0.15, 0.2) is 38.4 Å². The molecule has 3 rings (SSSR count). The lowest BCUT2D eigenvalue weighted by Crippen LogP contribution is -2.23. The maximum absolute atomic E-state index is 12.8. The van der Waals surface area contributed by atoms with Crippen LogP contribution in [0.5, 0.6) is 0 Å². The van der Waals surface area contributed by atoms with E-state index in [-0.39, 0.29) is 4.90 Å². The molecule has 0 saturated heterocycles. The van der Waals surface area contributed by atoms with Crippen LogP contribution in [0.2, 0.25) is 0 Å². The minimum Gasteiger partial charge on any atom is -0.357 e. The van der Waals surface area contributed by atoms with Crippen molar-refractivity contribution in [2.45, 2.75) is 38.5 Å². The Labute approximate surface area is 138 Å². The number of sulfone groups is 1. The summed E-state index contributed by atoms with van der Waals surface area (Å²) in [6, 6.07) is 5.36. The Bertz CT molecular complexity index is 816. The Morgan fingerprint density at radius 3 is 2.57 bits per heavy atom. The molecule has 1 aliphatic rings. The highest BCUT2D eigenvalue weighted by atomic mass is 32.2.